The van der Waals surface area contributed by atoms with Crippen LogP contribution in [0.2, 0.25) is 0 Å². The van der Waals surface area contributed by atoms with E-state index in [9.17, 15) is 14.9 Å². The molecule has 134 valence electrons. The van der Waals surface area contributed by atoms with Crippen LogP contribution in [0.15, 0.2) is 60.7 Å². The first-order valence-corrected chi connectivity index (χ1v) is 8.59. The van der Waals surface area contributed by atoms with Crippen LogP contribution >= 0.6 is 0 Å². The fourth-order valence-corrected chi connectivity index (χ4v) is 2.98. The van der Waals surface area contributed by atoms with Crippen molar-refractivity contribution in [3.63, 3.8) is 0 Å². The standard InChI is InChI=1S/C20H21N3O3/c24-20(10-9-17-7-4-8-19(15-17)23(25)26)22-13-11-21(12-14-22)16-18-5-2-1-3-6-18/h1-10,15H,11-14,16H2/b10-9+. The van der Waals surface area contributed by atoms with Crippen LogP contribution in [0.5, 0.6) is 0 Å². The third kappa shape index (κ3) is 4.77. The molecule has 1 heterocycles. The number of hydrogen-bond donors (Lipinski definition) is 0. The number of nitro groups is 1. The SMILES string of the molecule is O=C(/C=C/c1cccc([N+](=O)[O-])c1)N1CCN(Cc2ccccc2)CC1. The fourth-order valence-electron chi connectivity index (χ4n) is 2.98. The minimum Gasteiger partial charge on any atom is -0.337 e. The molecule has 1 saturated heterocycles. The summed E-state index contributed by atoms with van der Waals surface area (Å²) in [6, 6.07) is 16.6. The van der Waals surface area contributed by atoms with Crippen molar-refractivity contribution in [2.45, 2.75) is 6.54 Å². The summed E-state index contributed by atoms with van der Waals surface area (Å²) in [5.41, 5.74) is 1.95. The van der Waals surface area contributed by atoms with Crippen LogP contribution in [0, 0.1) is 10.1 Å². The van der Waals surface area contributed by atoms with E-state index in [0.29, 0.717) is 18.7 Å². The van der Waals surface area contributed by atoms with Gasteiger partial charge in [0.25, 0.3) is 5.69 Å². The van der Waals surface area contributed by atoms with Gasteiger partial charge in [-0.25, -0.2) is 0 Å². The highest BCUT2D eigenvalue weighted by atomic mass is 16.6. The second-order valence-corrected chi connectivity index (χ2v) is 6.27. The molecule has 1 aliphatic heterocycles. The van der Waals surface area contributed by atoms with Gasteiger partial charge in [0.05, 0.1) is 4.92 Å². The zero-order valence-electron chi connectivity index (χ0n) is 14.5. The Kier molecular flexibility index (Phi) is 5.76. The molecule has 6 nitrogen and oxygen atoms in total. The normalized spacial score (nSPS) is 15.3. The maximum atomic E-state index is 12.3. The lowest BCUT2D eigenvalue weighted by Gasteiger charge is -2.34. The molecule has 2 aromatic carbocycles. The zero-order chi connectivity index (χ0) is 18.4. The molecule has 0 aliphatic carbocycles. The predicted molar refractivity (Wildman–Crippen MR) is 100 cm³/mol. The van der Waals surface area contributed by atoms with Crippen molar-refractivity contribution in [3.8, 4) is 0 Å². The largest absolute Gasteiger partial charge is 0.337 e. The van der Waals surface area contributed by atoms with E-state index in [-0.39, 0.29) is 11.6 Å². The van der Waals surface area contributed by atoms with E-state index < -0.39 is 4.92 Å². The van der Waals surface area contributed by atoms with Crippen LogP contribution in [-0.4, -0.2) is 46.8 Å². The van der Waals surface area contributed by atoms with Crippen molar-refractivity contribution in [2.75, 3.05) is 26.2 Å². The molecule has 0 N–H and O–H groups in total. The maximum Gasteiger partial charge on any atom is 0.270 e. The number of benzene rings is 2. The predicted octanol–water partition coefficient (Wildman–Crippen LogP) is 2.95. The third-order valence-electron chi connectivity index (χ3n) is 4.43. The van der Waals surface area contributed by atoms with Crippen molar-refractivity contribution in [3.05, 3.63) is 81.9 Å². The van der Waals surface area contributed by atoms with E-state index in [1.807, 2.05) is 23.1 Å². The number of non-ortho nitro benzene ring substituents is 1. The molecule has 0 radical (unpaired) electrons. The molecule has 1 amide bonds. The molecule has 0 unspecified atom stereocenters. The Balaban J connectivity index is 1.52. The summed E-state index contributed by atoms with van der Waals surface area (Å²) in [6.45, 7) is 3.94. The molecule has 1 fully saturated rings. The Labute approximate surface area is 152 Å². The maximum absolute atomic E-state index is 12.3. The Bertz CT molecular complexity index is 797. The molecular formula is C20H21N3O3. The topological polar surface area (TPSA) is 66.7 Å². The minimum atomic E-state index is -0.439. The number of nitro benzene ring substituents is 1. The van der Waals surface area contributed by atoms with Crippen LogP contribution in [0.3, 0.4) is 0 Å². The minimum absolute atomic E-state index is 0.0223. The van der Waals surface area contributed by atoms with E-state index in [4.69, 9.17) is 0 Å². The summed E-state index contributed by atoms with van der Waals surface area (Å²) in [4.78, 5) is 26.9. The van der Waals surface area contributed by atoms with Gasteiger partial charge in [-0.1, -0.05) is 42.5 Å². The highest BCUT2D eigenvalue weighted by Crippen LogP contribution is 2.14. The number of hydrogen-bond acceptors (Lipinski definition) is 4. The van der Waals surface area contributed by atoms with Gasteiger partial charge < -0.3 is 4.90 Å². The van der Waals surface area contributed by atoms with Gasteiger partial charge in [-0.15, -0.1) is 0 Å². The number of amides is 1. The van der Waals surface area contributed by atoms with Gasteiger partial charge in [0.2, 0.25) is 5.91 Å². The zero-order valence-corrected chi connectivity index (χ0v) is 14.5. The highest BCUT2D eigenvalue weighted by Gasteiger charge is 2.19. The fraction of sp³-hybridized carbons (Fsp3) is 0.250. The molecule has 0 spiro atoms. The summed E-state index contributed by atoms with van der Waals surface area (Å²) in [5, 5.41) is 10.8. The molecular weight excluding hydrogens is 330 g/mol. The van der Waals surface area contributed by atoms with Crippen LogP contribution < -0.4 is 0 Å². The Morgan fingerprint density at radius 1 is 1.04 bits per heavy atom. The smallest absolute Gasteiger partial charge is 0.270 e. The Hall–Kier alpha value is -2.99. The van der Waals surface area contributed by atoms with Crippen molar-refractivity contribution in [2.24, 2.45) is 0 Å². The van der Waals surface area contributed by atoms with Gasteiger partial charge in [0, 0.05) is 50.9 Å². The molecule has 3 rings (SSSR count). The summed E-state index contributed by atoms with van der Waals surface area (Å²) in [6.07, 6.45) is 3.12. The molecule has 0 saturated carbocycles. The monoisotopic (exact) mass is 351 g/mol. The van der Waals surface area contributed by atoms with Crippen molar-refractivity contribution >= 4 is 17.7 Å². The average Bonchev–Trinajstić information content (AvgIpc) is 2.68. The third-order valence-corrected chi connectivity index (χ3v) is 4.43. The van der Waals surface area contributed by atoms with Crippen LogP contribution in [0.4, 0.5) is 5.69 Å². The van der Waals surface area contributed by atoms with E-state index in [1.165, 1.54) is 23.8 Å². The van der Waals surface area contributed by atoms with Crippen LogP contribution in [0.1, 0.15) is 11.1 Å². The quantitative estimate of drug-likeness (QED) is 0.472. The van der Waals surface area contributed by atoms with Crippen LogP contribution in [0.25, 0.3) is 6.08 Å². The molecule has 2 aromatic rings. The molecule has 0 aromatic heterocycles. The van der Waals surface area contributed by atoms with Gasteiger partial charge in [0.15, 0.2) is 0 Å². The van der Waals surface area contributed by atoms with Gasteiger partial charge in [0.1, 0.15) is 0 Å². The van der Waals surface area contributed by atoms with E-state index in [1.54, 1.807) is 18.2 Å². The Morgan fingerprint density at radius 2 is 1.77 bits per heavy atom. The van der Waals surface area contributed by atoms with Crippen molar-refractivity contribution in [1.82, 2.24) is 9.80 Å². The van der Waals surface area contributed by atoms with E-state index in [2.05, 4.69) is 17.0 Å². The first-order valence-electron chi connectivity index (χ1n) is 8.59. The lowest BCUT2D eigenvalue weighted by Crippen LogP contribution is -2.47. The lowest BCUT2D eigenvalue weighted by atomic mass is 10.2. The first-order chi connectivity index (χ1) is 12.6. The number of rotatable bonds is 5. The van der Waals surface area contributed by atoms with Gasteiger partial charge in [-0.05, 0) is 17.2 Å². The van der Waals surface area contributed by atoms with Crippen LogP contribution in [-0.2, 0) is 11.3 Å². The van der Waals surface area contributed by atoms with Gasteiger partial charge in [-0.3, -0.25) is 19.8 Å². The second kappa shape index (κ2) is 8.40. The van der Waals surface area contributed by atoms with Crippen molar-refractivity contribution in [1.29, 1.82) is 0 Å². The van der Waals surface area contributed by atoms with Crippen molar-refractivity contribution < 1.29 is 9.72 Å². The van der Waals surface area contributed by atoms with Gasteiger partial charge in [-0.2, -0.15) is 0 Å². The summed E-state index contributed by atoms with van der Waals surface area (Å²) in [7, 11) is 0. The molecule has 1 aliphatic rings. The highest BCUT2D eigenvalue weighted by molar-refractivity contribution is 5.91. The second-order valence-electron chi connectivity index (χ2n) is 6.27. The summed E-state index contributed by atoms with van der Waals surface area (Å²) < 4.78 is 0. The number of piperazine rings is 1. The average molecular weight is 351 g/mol. The summed E-state index contributed by atoms with van der Waals surface area (Å²) in [5.74, 6) is -0.0594. The Morgan fingerprint density at radius 3 is 2.46 bits per heavy atom. The summed E-state index contributed by atoms with van der Waals surface area (Å²) >= 11 is 0. The molecule has 26 heavy (non-hydrogen) atoms. The molecule has 0 bridgehead atoms. The van der Waals surface area contributed by atoms with Gasteiger partial charge >= 0.3 is 0 Å². The van der Waals surface area contributed by atoms with E-state index >= 15 is 0 Å². The number of nitrogens with zero attached hydrogens (tertiary/aromatic N) is 3. The molecule has 6 heteroatoms. The van der Waals surface area contributed by atoms with E-state index in [0.717, 1.165) is 19.6 Å². The number of carbonyl (C=O) groups is 1. The lowest BCUT2D eigenvalue weighted by molar-refractivity contribution is -0.384. The molecule has 0 atom stereocenters. The number of carbonyl (C=O) groups excluding carboxylic acids is 1. The first kappa shape index (κ1) is 17.8.